The third-order valence-corrected chi connectivity index (χ3v) is 2.03. The number of hydrogen-bond acceptors (Lipinski definition) is 5. The van der Waals surface area contributed by atoms with E-state index in [1.165, 1.54) is 0 Å². The van der Waals surface area contributed by atoms with Crippen LogP contribution in [0.25, 0.3) is 0 Å². The Bertz CT molecular complexity index is 306. The summed E-state index contributed by atoms with van der Waals surface area (Å²) in [6.07, 6.45) is 2.78. The summed E-state index contributed by atoms with van der Waals surface area (Å²) in [6, 6.07) is 1.81. The van der Waals surface area contributed by atoms with Crippen molar-refractivity contribution in [2.45, 2.75) is 6.10 Å². The third kappa shape index (κ3) is 3.73. The predicted molar refractivity (Wildman–Crippen MR) is 59.8 cm³/mol. The first-order chi connectivity index (χ1) is 7.13. The quantitative estimate of drug-likeness (QED) is 0.723. The molecule has 0 spiro atoms. The van der Waals surface area contributed by atoms with Crippen molar-refractivity contribution in [2.75, 3.05) is 37.9 Å². The average molecular weight is 211 g/mol. The lowest BCUT2D eigenvalue weighted by Gasteiger charge is -2.22. The van der Waals surface area contributed by atoms with Gasteiger partial charge in [0, 0.05) is 26.9 Å². The minimum atomic E-state index is -0.513. The highest BCUT2D eigenvalue weighted by atomic mass is 16.5. The zero-order valence-corrected chi connectivity index (χ0v) is 9.05. The summed E-state index contributed by atoms with van der Waals surface area (Å²) in [5, 5.41) is 9.53. The zero-order valence-electron chi connectivity index (χ0n) is 9.05. The van der Waals surface area contributed by atoms with Crippen LogP contribution in [0.1, 0.15) is 0 Å². The van der Waals surface area contributed by atoms with Gasteiger partial charge in [-0.1, -0.05) is 0 Å². The molecule has 0 saturated carbocycles. The minimum Gasteiger partial charge on any atom is -0.397 e. The average Bonchev–Trinajstić information content (AvgIpc) is 2.18. The molecule has 0 amide bonds. The van der Waals surface area contributed by atoms with Gasteiger partial charge in [-0.15, -0.1) is 0 Å². The highest BCUT2D eigenvalue weighted by molar-refractivity contribution is 5.52. The number of likely N-dealkylation sites (N-methyl/N-ethyl adjacent to an activating group) is 1. The Morgan fingerprint density at radius 1 is 1.60 bits per heavy atom. The Morgan fingerprint density at radius 3 is 2.93 bits per heavy atom. The maximum absolute atomic E-state index is 9.53. The van der Waals surface area contributed by atoms with Crippen LogP contribution in [0.2, 0.25) is 0 Å². The fraction of sp³-hybridized carbons (Fsp3) is 0.500. The lowest BCUT2D eigenvalue weighted by molar-refractivity contribution is 0.0695. The minimum absolute atomic E-state index is 0.320. The summed E-state index contributed by atoms with van der Waals surface area (Å²) < 4.78 is 4.85. The number of ether oxygens (including phenoxy) is 1. The van der Waals surface area contributed by atoms with Crippen molar-refractivity contribution >= 4 is 11.4 Å². The molecule has 5 heteroatoms. The van der Waals surface area contributed by atoms with E-state index in [4.69, 9.17) is 10.5 Å². The first-order valence-electron chi connectivity index (χ1n) is 4.72. The molecule has 0 radical (unpaired) electrons. The van der Waals surface area contributed by atoms with Crippen molar-refractivity contribution in [2.24, 2.45) is 0 Å². The number of nitrogen functional groups attached to an aromatic ring is 1. The Balaban J connectivity index is 2.56. The van der Waals surface area contributed by atoms with E-state index < -0.39 is 6.10 Å². The number of aliphatic hydroxyl groups excluding tert-OH is 1. The molecule has 0 fully saturated rings. The van der Waals surface area contributed by atoms with Gasteiger partial charge in [0.1, 0.15) is 0 Å². The molecule has 3 N–H and O–H groups in total. The highest BCUT2D eigenvalue weighted by Crippen LogP contribution is 2.14. The Morgan fingerprint density at radius 2 is 2.33 bits per heavy atom. The largest absolute Gasteiger partial charge is 0.397 e. The molecule has 1 rings (SSSR count). The number of aromatic nitrogens is 1. The van der Waals surface area contributed by atoms with E-state index in [1.807, 2.05) is 18.0 Å². The standard InChI is InChI=1S/C10H17N3O2/c1-13(6-10(14)7-15-2)9-3-8(11)4-12-5-9/h3-5,10,14H,6-7,11H2,1-2H3. The summed E-state index contributed by atoms with van der Waals surface area (Å²) in [4.78, 5) is 5.86. The molecule has 0 aromatic carbocycles. The van der Waals surface area contributed by atoms with Crippen LogP contribution in [0.15, 0.2) is 18.5 Å². The van der Waals surface area contributed by atoms with Crippen LogP contribution in [0.4, 0.5) is 11.4 Å². The first-order valence-corrected chi connectivity index (χ1v) is 4.72. The van der Waals surface area contributed by atoms with Crippen LogP contribution in [0.3, 0.4) is 0 Å². The molecular weight excluding hydrogens is 194 g/mol. The molecule has 84 valence electrons. The lowest BCUT2D eigenvalue weighted by atomic mass is 10.3. The molecule has 0 aliphatic carbocycles. The molecule has 1 unspecified atom stereocenters. The maximum Gasteiger partial charge on any atom is 0.0947 e. The van der Waals surface area contributed by atoms with Crippen molar-refractivity contribution in [3.63, 3.8) is 0 Å². The van der Waals surface area contributed by atoms with Crippen LogP contribution in [0.5, 0.6) is 0 Å². The number of rotatable bonds is 5. The molecule has 1 aromatic rings. The van der Waals surface area contributed by atoms with E-state index in [-0.39, 0.29) is 0 Å². The monoisotopic (exact) mass is 211 g/mol. The Kier molecular flexibility index (Phi) is 4.33. The molecule has 1 aromatic heterocycles. The lowest BCUT2D eigenvalue weighted by Crippen LogP contribution is -2.31. The molecule has 0 aliphatic heterocycles. The second-order valence-electron chi connectivity index (χ2n) is 3.47. The smallest absolute Gasteiger partial charge is 0.0947 e. The van der Waals surface area contributed by atoms with Gasteiger partial charge < -0.3 is 20.5 Å². The van der Waals surface area contributed by atoms with E-state index in [1.54, 1.807) is 19.5 Å². The number of aliphatic hydroxyl groups is 1. The molecule has 0 bridgehead atoms. The van der Waals surface area contributed by atoms with Gasteiger partial charge in [-0.25, -0.2) is 0 Å². The molecule has 0 saturated heterocycles. The first kappa shape index (κ1) is 11.7. The van der Waals surface area contributed by atoms with Crippen LogP contribution >= 0.6 is 0 Å². The van der Waals surface area contributed by atoms with Gasteiger partial charge in [-0.05, 0) is 6.07 Å². The fourth-order valence-electron chi connectivity index (χ4n) is 1.32. The highest BCUT2D eigenvalue weighted by Gasteiger charge is 2.08. The van der Waals surface area contributed by atoms with Gasteiger partial charge in [0.25, 0.3) is 0 Å². The molecule has 1 heterocycles. The number of anilines is 2. The number of nitrogens with zero attached hydrogens (tertiary/aromatic N) is 2. The van der Waals surface area contributed by atoms with E-state index in [9.17, 15) is 5.11 Å². The van der Waals surface area contributed by atoms with Crippen molar-refractivity contribution < 1.29 is 9.84 Å². The maximum atomic E-state index is 9.53. The number of methoxy groups -OCH3 is 1. The number of hydrogen-bond donors (Lipinski definition) is 2. The van der Waals surface area contributed by atoms with Crippen LogP contribution in [-0.2, 0) is 4.74 Å². The van der Waals surface area contributed by atoms with Crippen molar-refractivity contribution in [1.82, 2.24) is 4.98 Å². The van der Waals surface area contributed by atoms with Crippen molar-refractivity contribution in [3.05, 3.63) is 18.5 Å². The molecule has 5 nitrogen and oxygen atoms in total. The summed E-state index contributed by atoms with van der Waals surface area (Å²) in [6.45, 7) is 0.805. The topological polar surface area (TPSA) is 71.6 Å². The second kappa shape index (κ2) is 5.53. The summed E-state index contributed by atoms with van der Waals surface area (Å²) in [5.74, 6) is 0. The molecule has 1 atom stereocenters. The van der Waals surface area contributed by atoms with Gasteiger partial charge in [-0.3, -0.25) is 4.98 Å². The zero-order chi connectivity index (χ0) is 11.3. The predicted octanol–water partition coefficient (Wildman–Crippen LogP) is 0.107. The van der Waals surface area contributed by atoms with E-state index >= 15 is 0 Å². The van der Waals surface area contributed by atoms with Crippen LogP contribution < -0.4 is 10.6 Å². The van der Waals surface area contributed by atoms with Gasteiger partial charge in [0.05, 0.1) is 30.3 Å². The van der Waals surface area contributed by atoms with E-state index in [2.05, 4.69) is 4.98 Å². The number of pyridine rings is 1. The Hall–Kier alpha value is -1.33. The molecule has 0 aliphatic rings. The van der Waals surface area contributed by atoms with Crippen molar-refractivity contribution in [3.8, 4) is 0 Å². The van der Waals surface area contributed by atoms with Gasteiger partial charge >= 0.3 is 0 Å². The van der Waals surface area contributed by atoms with E-state index in [0.29, 0.717) is 18.8 Å². The van der Waals surface area contributed by atoms with Gasteiger partial charge in [0.2, 0.25) is 0 Å². The van der Waals surface area contributed by atoms with Crippen molar-refractivity contribution in [1.29, 1.82) is 0 Å². The van der Waals surface area contributed by atoms with E-state index in [0.717, 1.165) is 5.69 Å². The van der Waals surface area contributed by atoms with Crippen LogP contribution in [0, 0.1) is 0 Å². The molecule has 15 heavy (non-hydrogen) atoms. The second-order valence-corrected chi connectivity index (χ2v) is 3.47. The van der Waals surface area contributed by atoms with Gasteiger partial charge in [0.15, 0.2) is 0 Å². The number of nitrogens with two attached hydrogens (primary N) is 1. The Labute approximate surface area is 89.5 Å². The summed E-state index contributed by atoms with van der Waals surface area (Å²) in [5.41, 5.74) is 7.10. The summed E-state index contributed by atoms with van der Waals surface area (Å²) in [7, 11) is 3.43. The fourth-order valence-corrected chi connectivity index (χ4v) is 1.32. The third-order valence-electron chi connectivity index (χ3n) is 2.03. The summed E-state index contributed by atoms with van der Waals surface area (Å²) >= 11 is 0. The normalized spacial score (nSPS) is 12.5. The molecular formula is C10H17N3O2. The van der Waals surface area contributed by atoms with Gasteiger partial charge in [-0.2, -0.15) is 0 Å². The van der Waals surface area contributed by atoms with Crippen LogP contribution in [-0.4, -0.2) is 43.5 Å². The SMILES string of the molecule is COCC(O)CN(C)c1cncc(N)c1.